The molecule has 0 saturated heterocycles. The van der Waals surface area contributed by atoms with Crippen molar-refractivity contribution in [3.05, 3.63) is 0 Å². The Hall–Kier alpha value is -1.11. The van der Waals surface area contributed by atoms with Crippen LogP contribution in [0, 0.1) is 5.41 Å². The second-order valence-electron chi connectivity index (χ2n) is 3.10. The monoisotopic (exact) mass is 208 g/mol. The topological polar surface area (TPSA) is 109 Å². The van der Waals surface area contributed by atoms with E-state index in [4.69, 9.17) is 10.2 Å². The molecule has 0 radical (unpaired) electrons. The molecule has 0 aliphatic heterocycles. The highest BCUT2D eigenvalue weighted by Crippen LogP contribution is 2.50. The van der Waals surface area contributed by atoms with Crippen molar-refractivity contribution >= 4 is 21.8 Å². The molecule has 1 atom stereocenters. The highest BCUT2D eigenvalue weighted by atomic mass is 32.2. The Bertz CT molecular complexity index is 353. The standard InChI is InChI=1S/C6H8O6S/c1-13(11,12)3-2-6(3,4(7)8)5(9)10/h3H,2H2,1H3,(H,7,8)(H,9,10)/t3-/m1/s1. The van der Waals surface area contributed by atoms with E-state index in [1.807, 2.05) is 0 Å². The Balaban J connectivity index is 3.06. The number of sulfone groups is 1. The third kappa shape index (κ3) is 1.28. The molecule has 0 unspecified atom stereocenters. The van der Waals surface area contributed by atoms with Crippen LogP contribution >= 0.6 is 0 Å². The Labute approximate surface area is 74.1 Å². The van der Waals surface area contributed by atoms with E-state index in [-0.39, 0.29) is 6.42 Å². The van der Waals surface area contributed by atoms with Gasteiger partial charge in [-0.25, -0.2) is 8.42 Å². The lowest BCUT2D eigenvalue weighted by Gasteiger charge is -2.04. The molecule has 1 saturated carbocycles. The average molecular weight is 208 g/mol. The second kappa shape index (κ2) is 2.44. The first-order chi connectivity index (χ1) is 5.73. The molecule has 1 aliphatic rings. The number of carboxylic acids is 2. The molecule has 7 heteroatoms. The minimum Gasteiger partial charge on any atom is -0.480 e. The summed E-state index contributed by atoms with van der Waals surface area (Å²) in [6, 6.07) is 0. The van der Waals surface area contributed by atoms with Gasteiger partial charge in [0.25, 0.3) is 0 Å². The van der Waals surface area contributed by atoms with E-state index in [1.54, 1.807) is 0 Å². The summed E-state index contributed by atoms with van der Waals surface area (Å²) in [5, 5.41) is 15.8. The molecular formula is C6H8O6S. The third-order valence-electron chi connectivity index (χ3n) is 2.18. The van der Waals surface area contributed by atoms with Crippen molar-refractivity contribution in [1.29, 1.82) is 0 Å². The minimum atomic E-state index is -3.59. The Morgan fingerprint density at radius 3 is 1.77 bits per heavy atom. The van der Waals surface area contributed by atoms with Gasteiger partial charge >= 0.3 is 11.9 Å². The molecule has 74 valence electrons. The van der Waals surface area contributed by atoms with E-state index < -0.39 is 32.4 Å². The zero-order chi connectivity index (χ0) is 10.4. The molecule has 2 N–H and O–H groups in total. The molecule has 0 aromatic carbocycles. The Kier molecular flexibility index (Phi) is 1.87. The zero-order valence-corrected chi connectivity index (χ0v) is 7.54. The number of carbonyl (C=O) groups is 2. The SMILES string of the molecule is CS(=O)(=O)[C@@H]1CC1(C(=O)O)C(=O)O. The quantitative estimate of drug-likeness (QED) is 0.573. The number of aliphatic carboxylic acids is 2. The molecule has 13 heavy (non-hydrogen) atoms. The number of hydrogen-bond acceptors (Lipinski definition) is 4. The van der Waals surface area contributed by atoms with E-state index >= 15 is 0 Å². The van der Waals surface area contributed by atoms with Crippen molar-refractivity contribution in [2.75, 3.05) is 6.26 Å². The van der Waals surface area contributed by atoms with Crippen LogP contribution in [0.5, 0.6) is 0 Å². The van der Waals surface area contributed by atoms with Gasteiger partial charge in [-0.2, -0.15) is 0 Å². The summed E-state index contributed by atoms with van der Waals surface area (Å²) in [6.07, 6.45) is 0.502. The van der Waals surface area contributed by atoms with Gasteiger partial charge in [-0.3, -0.25) is 9.59 Å². The van der Waals surface area contributed by atoms with Gasteiger partial charge in [0.1, 0.15) is 0 Å². The number of rotatable bonds is 3. The minimum absolute atomic E-state index is 0.337. The zero-order valence-electron chi connectivity index (χ0n) is 6.72. The first kappa shape index (κ1) is 9.97. The third-order valence-corrected chi connectivity index (χ3v) is 3.78. The normalized spacial score (nSPS) is 25.2. The van der Waals surface area contributed by atoms with Crippen LogP contribution in [0.25, 0.3) is 0 Å². The maximum absolute atomic E-state index is 10.9. The van der Waals surface area contributed by atoms with Gasteiger partial charge in [-0.05, 0) is 6.42 Å². The van der Waals surface area contributed by atoms with Gasteiger partial charge in [0.15, 0.2) is 15.3 Å². The molecule has 1 aliphatic carbocycles. The van der Waals surface area contributed by atoms with E-state index in [1.165, 1.54) is 0 Å². The maximum atomic E-state index is 10.9. The lowest BCUT2D eigenvalue weighted by Crippen LogP contribution is -2.31. The van der Waals surface area contributed by atoms with Crippen LogP contribution < -0.4 is 0 Å². The predicted molar refractivity (Wildman–Crippen MR) is 41.0 cm³/mol. The summed E-state index contributed by atoms with van der Waals surface area (Å²) in [7, 11) is -3.59. The Morgan fingerprint density at radius 2 is 1.69 bits per heavy atom. The fraction of sp³-hybridized carbons (Fsp3) is 0.667. The van der Waals surface area contributed by atoms with Crippen molar-refractivity contribution in [2.45, 2.75) is 11.7 Å². The molecule has 0 aromatic heterocycles. The summed E-state index contributed by atoms with van der Waals surface area (Å²) in [4.78, 5) is 21.1. The van der Waals surface area contributed by atoms with Crippen LogP contribution in [-0.2, 0) is 19.4 Å². The van der Waals surface area contributed by atoms with Crippen molar-refractivity contribution in [3.8, 4) is 0 Å². The van der Waals surface area contributed by atoms with Gasteiger partial charge in [-0.15, -0.1) is 0 Å². The van der Waals surface area contributed by atoms with Gasteiger partial charge < -0.3 is 10.2 Å². The van der Waals surface area contributed by atoms with Crippen molar-refractivity contribution < 1.29 is 28.2 Å². The van der Waals surface area contributed by atoms with Crippen LogP contribution in [0.4, 0.5) is 0 Å². The lowest BCUT2D eigenvalue weighted by molar-refractivity contribution is -0.156. The second-order valence-corrected chi connectivity index (χ2v) is 5.33. The molecule has 0 spiro atoms. The maximum Gasteiger partial charge on any atom is 0.322 e. The van der Waals surface area contributed by atoms with Crippen LogP contribution in [-0.4, -0.2) is 42.1 Å². The van der Waals surface area contributed by atoms with Crippen LogP contribution in [0.3, 0.4) is 0 Å². The van der Waals surface area contributed by atoms with Gasteiger partial charge in [0, 0.05) is 6.26 Å². The summed E-state index contributed by atoms with van der Waals surface area (Å²) in [5.74, 6) is -3.18. The average Bonchev–Trinajstić information content (AvgIpc) is 2.58. The van der Waals surface area contributed by atoms with Crippen LogP contribution in [0.15, 0.2) is 0 Å². The predicted octanol–water partition coefficient (Wildman–Crippen LogP) is -1.04. The molecule has 0 aromatic rings. The highest BCUT2D eigenvalue weighted by molar-refractivity contribution is 7.91. The van der Waals surface area contributed by atoms with Gasteiger partial charge in [-0.1, -0.05) is 0 Å². The van der Waals surface area contributed by atoms with Crippen molar-refractivity contribution in [3.63, 3.8) is 0 Å². The molecule has 0 bridgehead atoms. The lowest BCUT2D eigenvalue weighted by atomic mass is 10.1. The van der Waals surface area contributed by atoms with E-state index in [9.17, 15) is 18.0 Å². The Morgan fingerprint density at radius 1 is 1.31 bits per heavy atom. The molecule has 0 amide bonds. The molecule has 6 nitrogen and oxygen atoms in total. The van der Waals surface area contributed by atoms with Crippen LogP contribution in [0.1, 0.15) is 6.42 Å². The summed E-state index contributed by atoms with van der Waals surface area (Å²) < 4.78 is 21.8. The first-order valence-corrected chi connectivity index (χ1v) is 5.34. The van der Waals surface area contributed by atoms with Crippen molar-refractivity contribution in [1.82, 2.24) is 0 Å². The highest BCUT2D eigenvalue weighted by Gasteiger charge is 2.71. The number of carboxylic acid groups (broad SMARTS) is 2. The van der Waals surface area contributed by atoms with Gasteiger partial charge in [0.05, 0.1) is 5.25 Å². The van der Waals surface area contributed by atoms with E-state index in [0.717, 1.165) is 6.26 Å². The summed E-state index contributed by atoms with van der Waals surface area (Å²) in [5.41, 5.74) is -2.10. The van der Waals surface area contributed by atoms with Crippen LogP contribution in [0.2, 0.25) is 0 Å². The molecular weight excluding hydrogens is 200 g/mol. The fourth-order valence-corrected chi connectivity index (χ4v) is 2.79. The van der Waals surface area contributed by atoms with E-state index in [0.29, 0.717) is 0 Å². The molecule has 1 rings (SSSR count). The van der Waals surface area contributed by atoms with Crippen molar-refractivity contribution in [2.24, 2.45) is 5.41 Å². The smallest absolute Gasteiger partial charge is 0.322 e. The largest absolute Gasteiger partial charge is 0.480 e. The summed E-state index contributed by atoms with van der Waals surface area (Å²) in [6.45, 7) is 0. The first-order valence-electron chi connectivity index (χ1n) is 3.38. The summed E-state index contributed by atoms with van der Waals surface area (Å²) >= 11 is 0. The van der Waals surface area contributed by atoms with Gasteiger partial charge in [0.2, 0.25) is 0 Å². The van der Waals surface area contributed by atoms with E-state index in [2.05, 4.69) is 0 Å². The molecule has 0 heterocycles. The fourth-order valence-electron chi connectivity index (χ4n) is 1.29. The molecule has 1 fully saturated rings. The number of hydrogen-bond donors (Lipinski definition) is 2.